The molecule has 1 amide bonds. The van der Waals surface area contributed by atoms with E-state index in [2.05, 4.69) is 16.3 Å². The van der Waals surface area contributed by atoms with Gasteiger partial charge in [0.1, 0.15) is 17.6 Å². The van der Waals surface area contributed by atoms with E-state index in [0.29, 0.717) is 24.2 Å². The molecule has 0 radical (unpaired) electrons. The van der Waals surface area contributed by atoms with E-state index >= 15 is 0 Å². The van der Waals surface area contributed by atoms with E-state index in [4.69, 9.17) is 4.42 Å². The van der Waals surface area contributed by atoms with Crippen LogP contribution in [0, 0.1) is 18.3 Å². The summed E-state index contributed by atoms with van der Waals surface area (Å²) in [5, 5.41) is 12.2. The first kappa shape index (κ1) is 12.7. The number of nitriles is 1. The predicted octanol–water partition coefficient (Wildman–Crippen LogP) is 1.31. The number of piperidine rings is 1. The molecule has 0 aliphatic carbocycles. The molecule has 1 fully saturated rings. The minimum absolute atomic E-state index is 0.238. The van der Waals surface area contributed by atoms with Crippen LogP contribution in [0.5, 0.6) is 0 Å². The van der Waals surface area contributed by atoms with Crippen LogP contribution in [0.3, 0.4) is 0 Å². The lowest BCUT2D eigenvalue weighted by atomic mass is 9.89. The van der Waals surface area contributed by atoms with Crippen molar-refractivity contribution >= 4 is 5.91 Å². The number of rotatable bonds is 2. The van der Waals surface area contributed by atoms with E-state index in [1.807, 2.05) is 7.05 Å². The topological polar surface area (TPSA) is 69.3 Å². The number of amides is 1. The van der Waals surface area contributed by atoms with Gasteiger partial charge in [0.2, 0.25) is 0 Å². The van der Waals surface area contributed by atoms with Gasteiger partial charge in [0, 0.05) is 13.1 Å². The van der Waals surface area contributed by atoms with E-state index in [1.54, 1.807) is 13.0 Å². The van der Waals surface area contributed by atoms with Crippen LogP contribution in [0.4, 0.5) is 0 Å². The molecule has 1 aromatic rings. The van der Waals surface area contributed by atoms with Crippen LogP contribution in [0.1, 0.15) is 29.0 Å². The first-order chi connectivity index (χ1) is 8.54. The van der Waals surface area contributed by atoms with Crippen LogP contribution in [0.15, 0.2) is 16.7 Å². The Morgan fingerprint density at radius 1 is 1.56 bits per heavy atom. The number of hydrogen-bond acceptors (Lipinski definition) is 4. The Labute approximate surface area is 106 Å². The Bertz CT molecular complexity index is 479. The van der Waals surface area contributed by atoms with Gasteiger partial charge in [0.25, 0.3) is 5.91 Å². The predicted molar refractivity (Wildman–Crippen MR) is 66.0 cm³/mol. The molecule has 0 unspecified atom stereocenters. The summed E-state index contributed by atoms with van der Waals surface area (Å²) in [5.74, 6) is 0.451. The van der Waals surface area contributed by atoms with Gasteiger partial charge in [-0.3, -0.25) is 4.79 Å². The Hall–Kier alpha value is -1.80. The van der Waals surface area contributed by atoms with Crippen LogP contribution in [-0.2, 0) is 0 Å². The molecule has 2 rings (SSSR count). The lowest BCUT2D eigenvalue weighted by molar-refractivity contribution is 0.0881. The molecular weight excluding hydrogens is 230 g/mol. The summed E-state index contributed by atoms with van der Waals surface area (Å²) in [5.41, 5.74) is -0.268. The van der Waals surface area contributed by atoms with Gasteiger partial charge in [-0.1, -0.05) is 0 Å². The monoisotopic (exact) mass is 247 g/mol. The molecule has 1 saturated heterocycles. The van der Waals surface area contributed by atoms with Crippen LogP contribution < -0.4 is 5.32 Å². The molecule has 1 aliphatic rings. The van der Waals surface area contributed by atoms with Gasteiger partial charge in [0.05, 0.1) is 11.6 Å². The number of nitrogens with zero attached hydrogens (tertiary/aromatic N) is 2. The minimum Gasteiger partial charge on any atom is -0.469 e. The second-order valence-electron chi connectivity index (χ2n) is 4.90. The van der Waals surface area contributed by atoms with Crippen LogP contribution >= 0.6 is 0 Å². The third-order valence-corrected chi connectivity index (χ3v) is 3.40. The molecule has 1 N–H and O–H groups in total. The summed E-state index contributed by atoms with van der Waals surface area (Å²) in [4.78, 5) is 14.2. The van der Waals surface area contributed by atoms with Crippen molar-refractivity contribution in [2.24, 2.45) is 0 Å². The van der Waals surface area contributed by atoms with Crippen LogP contribution in [0.2, 0.25) is 0 Å². The largest absolute Gasteiger partial charge is 0.469 e. The Kier molecular flexibility index (Phi) is 3.39. The maximum absolute atomic E-state index is 12.0. The molecule has 5 nitrogen and oxygen atoms in total. The molecule has 0 aromatic carbocycles. The third-order valence-electron chi connectivity index (χ3n) is 3.40. The highest BCUT2D eigenvalue weighted by Gasteiger charge is 2.35. The molecule has 5 heteroatoms. The first-order valence-electron chi connectivity index (χ1n) is 6.02. The van der Waals surface area contributed by atoms with Crippen molar-refractivity contribution < 1.29 is 9.21 Å². The Morgan fingerprint density at radius 2 is 2.22 bits per heavy atom. The van der Waals surface area contributed by atoms with Crippen molar-refractivity contribution in [2.75, 3.05) is 20.1 Å². The van der Waals surface area contributed by atoms with E-state index in [9.17, 15) is 10.1 Å². The lowest BCUT2D eigenvalue weighted by Gasteiger charge is -2.35. The molecule has 96 valence electrons. The zero-order chi connectivity index (χ0) is 13.2. The molecule has 1 aromatic heterocycles. The van der Waals surface area contributed by atoms with Gasteiger partial charge in [-0.05, 0) is 32.9 Å². The highest BCUT2D eigenvalue weighted by Crippen LogP contribution is 2.21. The quantitative estimate of drug-likeness (QED) is 0.855. The summed E-state index contributed by atoms with van der Waals surface area (Å²) >= 11 is 0. The van der Waals surface area contributed by atoms with Crippen molar-refractivity contribution in [3.05, 3.63) is 23.7 Å². The summed E-state index contributed by atoms with van der Waals surface area (Å²) in [6.45, 7) is 3.42. The number of furan rings is 1. The second kappa shape index (κ2) is 4.83. The average Bonchev–Trinajstić information content (AvgIpc) is 2.79. The first-order valence-corrected chi connectivity index (χ1v) is 6.02. The maximum Gasteiger partial charge on any atom is 0.255 e. The fourth-order valence-electron chi connectivity index (χ4n) is 2.12. The molecule has 0 bridgehead atoms. The smallest absolute Gasteiger partial charge is 0.255 e. The molecule has 0 spiro atoms. The molecule has 18 heavy (non-hydrogen) atoms. The number of nitrogens with one attached hydrogen (secondary N) is 1. The van der Waals surface area contributed by atoms with Crippen molar-refractivity contribution in [1.29, 1.82) is 5.26 Å². The highest BCUT2D eigenvalue weighted by molar-refractivity contribution is 5.94. The Balaban J connectivity index is 2.07. The summed E-state index contributed by atoms with van der Waals surface area (Å²) < 4.78 is 5.11. The number of aryl methyl sites for hydroxylation is 1. The third kappa shape index (κ3) is 2.54. The van der Waals surface area contributed by atoms with Crippen molar-refractivity contribution in [1.82, 2.24) is 10.2 Å². The standard InChI is InChI=1S/C13H17N3O2/c1-10-7-11(8-18-10)12(17)15-13(9-14)3-5-16(2)6-4-13/h7-8H,3-6H2,1-2H3,(H,15,17). The average molecular weight is 247 g/mol. The summed E-state index contributed by atoms with van der Waals surface area (Å²) in [6, 6.07) is 3.93. The SMILES string of the molecule is Cc1cc(C(=O)NC2(C#N)CCN(C)CC2)co1. The normalized spacial score (nSPS) is 19.2. The summed E-state index contributed by atoms with van der Waals surface area (Å²) in [6.07, 6.45) is 2.73. The van der Waals surface area contributed by atoms with Crippen molar-refractivity contribution in [2.45, 2.75) is 25.3 Å². The number of carbonyl (C=O) groups excluding carboxylic acids is 1. The number of likely N-dealkylation sites (tertiary alicyclic amines) is 1. The molecular formula is C13H17N3O2. The molecule has 1 aliphatic heterocycles. The van der Waals surface area contributed by atoms with Crippen LogP contribution in [0.25, 0.3) is 0 Å². The van der Waals surface area contributed by atoms with Crippen molar-refractivity contribution in [3.63, 3.8) is 0 Å². The minimum atomic E-state index is -0.741. The highest BCUT2D eigenvalue weighted by atomic mass is 16.3. The fraction of sp³-hybridized carbons (Fsp3) is 0.538. The molecule has 0 saturated carbocycles. The lowest BCUT2D eigenvalue weighted by Crippen LogP contribution is -2.53. The fourth-order valence-corrected chi connectivity index (χ4v) is 2.12. The van der Waals surface area contributed by atoms with Crippen molar-refractivity contribution in [3.8, 4) is 6.07 Å². The van der Waals surface area contributed by atoms with Gasteiger partial charge in [-0.25, -0.2) is 0 Å². The molecule has 2 heterocycles. The van der Waals surface area contributed by atoms with Gasteiger partial charge in [-0.15, -0.1) is 0 Å². The Morgan fingerprint density at radius 3 is 2.72 bits per heavy atom. The van der Waals surface area contributed by atoms with Gasteiger partial charge in [-0.2, -0.15) is 5.26 Å². The second-order valence-corrected chi connectivity index (χ2v) is 4.90. The van der Waals surface area contributed by atoms with Crippen LogP contribution in [-0.4, -0.2) is 36.5 Å². The zero-order valence-electron chi connectivity index (χ0n) is 10.7. The van der Waals surface area contributed by atoms with Gasteiger partial charge >= 0.3 is 0 Å². The summed E-state index contributed by atoms with van der Waals surface area (Å²) in [7, 11) is 2.02. The number of carbonyl (C=O) groups is 1. The van der Waals surface area contributed by atoms with E-state index in [0.717, 1.165) is 13.1 Å². The van der Waals surface area contributed by atoms with Gasteiger partial charge in [0.15, 0.2) is 0 Å². The molecule has 0 atom stereocenters. The maximum atomic E-state index is 12.0. The van der Waals surface area contributed by atoms with E-state index in [1.165, 1.54) is 6.26 Å². The van der Waals surface area contributed by atoms with E-state index in [-0.39, 0.29) is 5.91 Å². The van der Waals surface area contributed by atoms with E-state index < -0.39 is 5.54 Å². The number of hydrogen-bond donors (Lipinski definition) is 1. The zero-order valence-corrected chi connectivity index (χ0v) is 10.7. The van der Waals surface area contributed by atoms with Gasteiger partial charge < -0.3 is 14.6 Å².